The summed E-state index contributed by atoms with van der Waals surface area (Å²) < 4.78 is 5.65. The van der Waals surface area contributed by atoms with Gasteiger partial charge in [-0.05, 0) is 44.4 Å². The maximum atomic E-state index is 9.25. The summed E-state index contributed by atoms with van der Waals surface area (Å²) in [5.41, 5.74) is 6.42. The predicted molar refractivity (Wildman–Crippen MR) is 77.2 cm³/mol. The number of hydrogen-bond donors (Lipinski definition) is 2. The number of nitrogens with zero attached hydrogens (tertiary/aromatic N) is 1. The number of anilines is 1. The molecule has 19 heavy (non-hydrogen) atoms. The van der Waals surface area contributed by atoms with E-state index >= 15 is 0 Å². The van der Waals surface area contributed by atoms with Crippen molar-refractivity contribution >= 4 is 5.69 Å². The molecule has 2 rings (SSSR count). The van der Waals surface area contributed by atoms with E-state index in [-0.39, 0.29) is 6.10 Å². The van der Waals surface area contributed by atoms with Gasteiger partial charge in [0, 0.05) is 24.8 Å². The molecule has 0 unspecified atom stereocenters. The molecule has 4 heteroatoms. The largest absolute Gasteiger partial charge is 0.493 e. The summed E-state index contributed by atoms with van der Waals surface area (Å²) in [6.07, 6.45) is 2.87. The maximum Gasteiger partial charge on any atom is 0.121 e. The second-order valence-corrected chi connectivity index (χ2v) is 5.53. The number of rotatable bonds is 7. The van der Waals surface area contributed by atoms with Crippen molar-refractivity contribution in [3.63, 3.8) is 0 Å². The Morgan fingerprint density at radius 2 is 2.21 bits per heavy atom. The smallest absolute Gasteiger partial charge is 0.121 e. The molecule has 0 saturated heterocycles. The molecule has 1 aromatic rings. The van der Waals surface area contributed by atoms with E-state index in [4.69, 9.17) is 10.5 Å². The van der Waals surface area contributed by atoms with Gasteiger partial charge in [0.05, 0.1) is 12.7 Å². The van der Waals surface area contributed by atoms with Crippen LogP contribution >= 0.6 is 0 Å². The Hall–Kier alpha value is -1.26. The third-order valence-corrected chi connectivity index (χ3v) is 3.59. The van der Waals surface area contributed by atoms with Gasteiger partial charge in [-0.3, -0.25) is 0 Å². The summed E-state index contributed by atoms with van der Waals surface area (Å²) in [6, 6.07) is 7.53. The van der Waals surface area contributed by atoms with E-state index in [1.807, 2.05) is 24.3 Å². The van der Waals surface area contributed by atoms with Gasteiger partial charge in [-0.1, -0.05) is 6.07 Å². The molecule has 1 saturated carbocycles. The molecule has 0 atom stereocenters. The van der Waals surface area contributed by atoms with Crippen LogP contribution < -0.4 is 10.5 Å². The normalized spacial score (nSPS) is 22.3. The summed E-state index contributed by atoms with van der Waals surface area (Å²) in [5.74, 6) is 1.51. The minimum Gasteiger partial charge on any atom is -0.493 e. The first-order valence-corrected chi connectivity index (χ1v) is 6.98. The van der Waals surface area contributed by atoms with Gasteiger partial charge in [-0.15, -0.1) is 0 Å². The van der Waals surface area contributed by atoms with E-state index in [1.54, 1.807) is 0 Å². The van der Waals surface area contributed by atoms with Gasteiger partial charge >= 0.3 is 0 Å². The first kappa shape index (κ1) is 14.2. The molecule has 3 N–H and O–H groups in total. The van der Waals surface area contributed by atoms with Crippen molar-refractivity contribution in [3.05, 3.63) is 24.3 Å². The Labute approximate surface area is 115 Å². The van der Waals surface area contributed by atoms with E-state index in [2.05, 4.69) is 11.9 Å². The average molecular weight is 264 g/mol. The second-order valence-electron chi connectivity index (χ2n) is 5.53. The topological polar surface area (TPSA) is 58.7 Å². The van der Waals surface area contributed by atoms with Crippen LogP contribution in [0, 0.1) is 5.92 Å². The fraction of sp³-hybridized carbons (Fsp3) is 0.600. The number of aliphatic hydroxyl groups is 1. The van der Waals surface area contributed by atoms with Gasteiger partial charge in [0.25, 0.3) is 0 Å². The van der Waals surface area contributed by atoms with Gasteiger partial charge in [-0.25, -0.2) is 0 Å². The lowest BCUT2D eigenvalue weighted by molar-refractivity contribution is 0.0278. The van der Waals surface area contributed by atoms with Gasteiger partial charge in [0.15, 0.2) is 0 Å². The molecule has 0 bridgehead atoms. The zero-order valence-corrected chi connectivity index (χ0v) is 11.6. The van der Waals surface area contributed by atoms with Crippen molar-refractivity contribution in [2.75, 3.05) is 32.5 Å². The highest BCUT2D eigenvalue weighted by Gasteiger charge is 2.27. The summed E-state index contributed by atoms with van der Waals surface area (Å²) in [7, 11) is 2.13. The molecular formula is C15H24N2O2. The number of nitrogen functional groups attached to an aromatic ring is 1. The van der Waals surface area contributed by atoms with Crippen molar-refractivity contribution < 1.29 is 9.84 Å². The summed E-state index contributed by atoms with van der Waals surface area (Å²) in [4.78, 5) is 2.32. The molecule has 106 valence electrons. The van der Waals surface area contributed by atoms with E-state index < -0.39 is 0 Å². The maximum absolute atomic E-state index is 9.25. The van der Waals surface area contributed by atoms with Crippen LogP contribution in [0.2, 0.25) is 0 Å². The summed E-state index contributed by atoms with van der Waals surface area (Å²) >= 11 is 0. The van der Waals surface area contributed by atoms with Crippen molar-refractivity contribution in [3.8, 4) is 5.75 Å². The average Bonchev–Trinajstić information content (AvgIpc) is 2.33. The first-order chi connectivity index (χ1) is 9.13. The molecule has 0 amide bonds. The Morgan fingerprint density at radius 3 is 2.89 bits per heavy atom. The standard InChI is InChI=1S/C15H24N2O2/c1-17(11-12-8-14(18)9-12)6-3-7-19-15-5-2-4-13(16)10-15/h2,4-5,10,12,14,18H,3,6-9,11,16H2,1H3. The van der Waals surface area contributed by atoms with E-state index in [1.165, 1.54) is 0 Å². The zero-order valence-electron chi connectivity index (χ0n) is 11.6. The Balaban J connectivity index is 1.56. The third-order valence-electron chi connectivity index (χ3n) is 3.59. The number of ether oxygens (including phenoxy) is 1. The monoisotopic (exact) mass is 264 g/mol. The molecule has 0 aliphatic heterocycles. The molecule has 4 nitrogen and oxygen atoms in total. The van der Waals surface area contributed by atoms with Crippen LogP contribution in [-0.2, 0) is 0 Å². The Bertz CT molecular complexity index is 391. The molecule has 0 radical (unpaired) electrons. The van der Waals surface area contributed by atoms with Crippen LogP contribution in [0.4, 0.5) is 5.69 Å². The zero-order chi connectivity index (χ0) is 13.7. The van der Waals surface area contributed by atoms with Crippen LogP contribution in [0.3, 0.4) is 0 Å². The predicted octanol–water partition coefficient (Wildman–Crippen LogP) is 1.74. The van der Waals surface area contributed by atoms with E-state index in [0.29, 0.717) is 12.5 Å². The van der Waals surface area contributed by atoms with Crippen LogP contribution in [0.5, 0.6) is 5.75 Å². The summed E-state index contributed by atoms with van der Waals surface area (Å²) in [6.45, 7) is 2.81. The van der Waals surface area contributed by atoms with Gasteiger partial charge in [-0.2, -0.15) is 0 Å². The van der Waals surface area contributed by atoms with Crippen LogP contribution in [0.15, 0.2) is 24.3 Å². The molecule has 0 aromatic heterocycles. The van der Waals surface area contributed by atoms with Gasteiger partial charge < -0.3 is 20.5 Å². The molecule has 1 fully saturated rings. The quantitative estimate of drug-likeness (QED) is 0.582. The lowest BCUT2D eigenvalue weighted by Crippen LogP contribution is -2.37. The van der Waals surface area contributed by atoms with Crippen molar-refractivity contribution in [2.45, 2.75) is 25.4 Å². The number of hydrogen-bond acceptors (Lipinski definition) is 4. The molecule has 1 aromatic carbocycles. The lowest BCUT2D eigenvalue weighted by Gasteiger charge is -2.34. The molecular weight excluding hydrogens is 240 g/mol. The van der Waals surface area contributed by atoms with E-state index in [9.17, 15) is 5.11 Å². The van der Waals surface area contributed by atoms with Crippen LogP contribution in [0.1, 0.15) is 19.3 Å². The minimum atomic E-state index is -0.0507. The summed E-state index contributed by atoms with van der Waals surface area (Å²) in [5, 5.41) is 9.25. The first-order valence-electron chi connectivity index (χ1n) is 6.98. The van der Waals surface area contributed by atoms with E-state index in [0.717, 1.165) is 43.8 Å². The van der Waals surface area contributed by atoms with Crippen LogP contribution in [-0.4, -0.2) is 42.9 Å². The second kappa shape index (κ2) is 6.78. The van der Waals surface area contributed by atoms with Crippen molar-refractivity contribution in [1.82, 2.24) is 4.90 Å². The number of aliphatic hydroxyl groups excluding tert-OH is 1. The van der Waals surface area contributed by atoms with Crippen LogP contribution in [0.25, 0.3) is 0 Å². The molecule has 1 aliphatic rings. The minimum absolute atomic E-state index is 0.0507. The SMILES string of the molecule is CN(CCCOc1cccc(N)c1)CC1CC(O)C1. The highest BCUT2D eigenvalue weighted by molar-refractivity contribution is 5.43. The van der Waals surface area contributed by atoms with Crippen molar-refractivity contribution in [2.24, 2.45) is 5.92 Å². The fourth-order valence-electron chi connectivity index (χ4n) is 2.51. The van der Waals surface area contributed by atoms with Gasteiger partial charge in [0.2, 0.25) is 0 Å². The molecule has 0 heterocycles. The highest BCUT2D eigenvalue weighted by atomic mass is 16.5. The number of nitrogens with two attached hydrogens (primary N) is 1. The molecule has 0 spiro atoms. The third kappa shape index (κ3) is 4.73. The fourth-order valence-corrected chi connectivity index (χ4v) is 2.51. The highest BCUT2D eigenvalue weighted by Crippen LogP contribution is 2.27. The molecule has 1 aliphatic carbocycles. The van der Waals surface area contributed by atoms with Crippen molar-refractivity contribution in [1.29, 1.82) is 0 Å². The Kier molecular flexibility index (Phi) is 5.05. The van der Waals surface area contributed by atoms with Gasteiger partial charge in [0.1, 0.15) is 5.75 Å². The Morgan fingerprint density at radius 1 is 1.42 bits per heavy atom. The lowest BCUT2D eigenvalue weighted by atomic mass is 9.82. The number of benzene rings is 1.